The number of rotatable bonds is 4. The van der Waals surface area contributed by atoms with E-state index in [1.54, 1.807) is 6.07 Å². The summed E-state index contributed by atoms with van der Waals surface area (Å²) in [6.07, 6.45) is 1.97. The van der Waals surface area contributed by atoms with Crippen molar-refractivity contribution in [2.45, 2.75) is 29.0 Å². The third-order valence-corrected chi connectivity index (χ3v) is 3.84. The van der Waals surface area contributed by atoms with Crippen LogP contribution in [0.5, 0.6) is 5.75 Å². The average molecular weight is 252 g/mol. The van der Waals surface area contributed by atoms with Crippen LogP contribution in [0.4, 0.5) is 0 Å². The molecule has 0 amide bonds. The number of hydrogen-bond donors (Lipinski definition) is 1. The fourth-order valence-corrected chi connectivity index (χ4v) is 2.89. The molecule has 0 aliphatic carbocycles. The highest BCUT2D eigenvalue weighted by Crippen LogP contribution is 2.34. The van der Waals surface area contributed by atoms with Gasteiger partial charge in [-0.15, -0.1) is 0 Å². The van der Waals surface area contributed by atoms with Crippen molar-refractivity contribution in [1.82, 2.24) is 9.36 Å². The molecule has 5 heteroatoms. The predicted octanol–water partition coefficient (Wildman–Crippen LogP) is 3.35. The molecular formula is C11H12N2OS2. The standard InChI is InChI=1S/C11H12N2OS2/c1-2-5-10-12-11(16-13-10)15-9-7-4-3-6-8(9)14/h3-4,6-7,14H,2,5H2,1H3. The van der Waals surface area contributed by atoms with Gasteiger partial charge in [0.2, 0.25) is 0 Å². The molecule has 0 radical (unpaired) electrons. The maximum atomic E-state index is 9.62. The van der Waals surface area contributed by atoms with Crippen molar-refractivity contribution in [2.75, 3.05) is 0 Å². The lowest BCUT2D eigenvalue weighted by atomic mass is 10.3. The Hall–Kier alpha value is -1.07. The number of hydrogen-bond acceptors (Lipinski definition) is 5. The summed E-state index contributed by atoms with van der Waals surface area (Å²) in [5.41, 5.74) is 0. The number of benzene rings is 1. The Bertz CT molecular complexity index is 471. The van der Waals surface area contributed by atoms with Crippen LogP contribution in [0.15, 0.2) is 33.5 Å². The van der Waals surface area contributed by atoms with Gasteiger partial charge in [-0.3, -0.25) is 0 Å². The molecule has 0 saturated carbocycles. The number of aryl methyl sites for hydroxylation is 1. The first-order chi connectivity index (χ1) is 7.79. The maximum absolute atomic E-state index is 9.62. The Morgan fingerprint density at radius 2 is 2.19 bits per heavy atom. The summed E-state index contributed by atoms with van der Waals surface area (Å²) < 4.78 is 5.14. The lowest BCUT2D eigenvalue weighted by Gasteiger charge is -1.99. The monoisotopic (exact) mass is 252 g/mol. The van der Waals surface area contributed by atoms with E-state index in [2.05, 4.69) is 16.3 Å². The molecule has 16 heavy (non-hydrogen) atoms. The molecule has 2 aromatic rings. The average Bonchev–Trinajstić information content (AvgIpc) is 2.70. The lowest BCUT2D eigenvalue weighted by molar-refractivity contribution is 0.462. The Balaban J connectivity index is 2.11. The molecule has 1 aromatic heterocycles. The van der Waals surface area contributed by atoms with Crippen molar-refractivity contribution in [3.05, 3.63) is 30.1 Å². The van der Waals surface area contributed by atoms with Crippen molar-refractivity contribution >= 4 is 23.3 Å². The van der Waals surface area contributed by atoms with Crippen LogP contribution in [-0.4, -0.2) is 14.5 Å². The fourth-order valence-electron chi connectivity index (χ4n) is 1.24. The topological polar surface area (TPSA) is 46.0 Å². The van der Waals surface area contributed by atoms with Gasteiger partial charge in [0.05, 0.1) is 4.90 Å². The molecule has 0 bridgehead atoms. The van der Waals surface area contributed by atoms with Crippen LogP contribution in [0, 0.1) is 0 Å². The summed E-state index contributed by atoms with van der Waals surface area (Å²) >= 11 is 2.84. The van der Waals surface area contributed by atoms with Gasteiger partial charge in [-0.05, 0) is 30.1 Å². The maximum Gasteiger partial charge on any atom is 0.175 e. The zero-order valence-electron chi connectivity index (χ0n) is 8.88. The molecule has 0 unspecified atom stereocenters. The van der Waals surface area contributed by atoms with Crippen LogP contribution < -0.4 is 0 Å². The van der Waals surface area contributed by atoms with Crippen LogP contribution in [0.1, 0.15) is 19.2 Å². The van der Waals surface area contributed by atoms with Crippen LogP contribution in [0.2, 0.25) is 0 Å². The number of aromatic nitrogens is 2. The summed E-state index contributed by atoms with van der Waals surface area (Å²) in [7, 11) is 0. The Labute approximate surface area is 103 Å². The van der Waals surface area contributed by atoms with Crippen LogP contribution in [-0.2, 0) is 6.42 Å². The Morgan fingerprint density at radius 1 is 1.38 bits per heavy atom. The van der Waals surface area contributed by atoms with Crippen molar-refractivity contribution in [3.63, 3.8) is 0 Å². The van der Waals surface area contributed by atoms with Crippen LogP contribution in [0.25, 0.3) is 0 Å². The van der Waals surface area contributed by atoms with E-state index in [4.69, 9.17) is 0 Å². The fraction of sp³-hybridized carbons (Fsp3) is 0.273. The molecule has 0 fully saturated rings. The molecule has 1 aromatic carbocycles. The molecule has 0 aliphatic heterocycles. The van der Waals surface area contributed by atoms with Gasteiger partial charge in [-0.1, -0.05) is 30.8 Å². The first-order valence-electron chi connectivity index (χ1n) is 5.08. The molecule has 0 aliphatic rings. The van der Waals surface area contributed by atoms with Crippen LogP contribution >= 0.6 is 23.3 Å². The van der Waals surface area contributed by atoms with Crippen LogP contribution in [0.3, 0.4) is 0 Å². The SMILES string of the molecule is CCCc1nsc(Sc2ccccc2O)n1. The number of nitrogens with zero attached hydrogens (tertiary/aromatic N) is 2. The first kappa shape index (κ1) is 11.4. The summed E-state index contributed by atoms with van der Waals surface area (Å²) in [6, 6.07) is 7.26. The van der Waals surface area contributed by atoms with Gasteiger partial charge in [0.15, 0.2) is 4.34 Å². The Kier molecular flexibility index (Phi) is 3.79. The minimum atomic E-state index is 0.291. The van der Waals surface area contributed by atoms with E-state index >= 15 is 0 Å². The van der Waals surface area contributed by atoms with Gasteiger partial charge in [0.25, 0.3) is 0 Å². The van der Waals surface area contributed by atoms with E-state index in [0.717, 1.165) is 27.9 Å². The van der Waals surface area contributed by atoms with Gasteiger partial charge >= 0.3 is 0 Å². The second-order valence-corrected chi connectivity index (χ2v) is 5.34. The molecular weight excluding hydrogens is 240 g/mol. The molecule has 84 valence electrons. The third kappa shape index (κ3) is 2.74. The molecule has 1 N–H and O–H groups in total. The highest BCUT2D eigenvalue weighted by molar-refractivity contribution is 8.01. The highest BCUT2D eigenvalue weighted by Gasteiger charge is 2.07. The number of aromatic hydroxyl groups is 1. The highest BCUT2D eigenvalue weighted by atomic mass is 32.2. The van der Waals surface area contributed by atoms with E-state index in [-0.39, 0.29) is 0 Å². The summed E-state index contributed by atoms with van der Waals surface area (Å²) in [4.78, 5) is 5.22. The van der Waals surface area contributed by atoms with Gasteiger partial charge in [0.1, 0.15) is 11.6 Å². The van der Waals surface area contributed by atoms with Crippen molar-refractivity contribution in [2.24, 2.45) is 0 Å². The zero-order chi connectivity index (χ0) is 11.4. The third-order valence-electron chi connectivity index (χ3n) is 1.99. The summed E-state index contributed by atoms with van der Waals surface area (Å²) in [5, 5.41) is 9.62. The molecule has 0 atom stereocenters. The second-order valence-electron chi connectivity index (χ2n) is 3.30. The van der Waals surface area contributed by atoms with E-state index < -0.39 is 0 Å². The molecule has 0 spiro atoms. The van der Waals surface area contributed by atoms with Gasteiger partial charge < -0.3 is 5.11 Å². The van der Waals surface area contributed by atoms with Crippen molar-refractivity contribution < 1.29 is 5.11 Å². The smallest absolute Gasteiger partial charge is 0.175 e. The van der Waals surface area contributed by atoms with Gasteiger partial charge in [-0.2, -0.15) is 4.37 Å². The quantitative estimate of drug-likeness (QED) is 0.906. The van der Waals surface area contributed by atoms with Gasteiger partial charge in [-0.25, -0.2) is 4.98 Å². The predicted molar refractivity (Wildman–Crippen MR) is 66.1 cm³/mol. The van der Waals surface area contributed by atoms with Crippen molar-refractivity contribution in [1.29, 1.82) is 0 Å². The first-order valence-corrected chi connectivity index (χ1v) is 6.67. The summed E-state index contributed by atoms with van der Waals surface area (Å²) in [5.74, 6) is 1.19. The lowest BCUT2D eigenvalue weighted by Crippen LogP contribution is -1.84. The second kappa shape index (κ2) is 5.32. The number of para-hydroxylation sites is 1. The van der Waals surface area contributed by atoms with E-state index in [1.807, 2.05) is 18.2 Å². The van der Waals surface area contributed by atoms with Gasteiger partial charge in [0, 0.05) is 6.42 Å². The largest absolute Gasteiger partial charge is 0.507 e. The normalized spacial score (nSPS) is 10.6. The molecule has 2 rings (SSSR count). The number of phenolic OH excluding ortho intramolecular Hbond substituents is 1. The summed E-state index contributed by atoms with van der Waals surface area (Å²) in [6.45, 7) is 2.11. The van der Waals surface area contributed by atoms with E-state index in [1.165, 1.54) is 23.3 Å². The van der Waals surface area contributed by atoms with E-state index in [0.29, 0.717) is 5.75 Å². The zero-order valence-corrected chi connectivity index (χ0v) is 10.5. The molecule has 1 heterocycles. The minimum Gasteiger partial charge on any atom is -0.507 e. The molecule has 0 saturated heterocycles. The minimum absolute atomic E-state index is 0.291. The molecule has 3 nitrogen and oxygen atoms in total. The number of phenols is 1. The van der Waals surface area contributed by atoms with E-state index in [9.17, 15) is 5.11 Å². The Morgan fingerprint density at radius 3 is 2.94 bits per heavy atom. The van der Waals surface area contributed by atoms with Crippen molar-refractivity contribution in [3.8, 4) is 5.75 Å².